The third kappa shape index (κ3) is 7.87. The summed E-state index contributed by atoms with van der Waals surface area (Å²) in [6, 6.07) is 11.5. The Kier molecular flexibility index (Phi) is 10.7. The van der Waals surface area contributed by atoms with E-state index in [-0.39, 0.29) is 18.6 Å². The van der Waals surface area contributed by atoms with Gasteiger partial charge < -0.3 is 25.0 Å². The van der Waals surface area contributed by atoms with Crippen molar-refractivity contribution in [3.8, 4) is 0 Å². The Labute approximate surface area is 211 Å². The van der Waals surface area contributed by atoms with E-state index in [1.54, 1.807) is 6.07 Å². The number of benzene rings is 1. The number of rotatable bonds is 14. The SMILES string of the molecule is CCCCC[C@H](O)c1ccc(N2C(=O)CC[C@@H]2CCCc2ccc(C(=O)OC[C@@H](O)CO)s2)cc1. The molecule has 1 aromatic heterocycles. The van der Waals surface area contributed by atoms with Crippen LogP contribution in [-0.2, 0) is 16.0 Å². The zero-order valence-electron chi connectivity index (χ0n) is 20.4. The molecule has 0 aliphatic carbocycles. The summed E-state index contributed by atoms with van der Waals surface area (Å²) in [6.07, 6.45) is 6.40. The van der Waals surface area contributed by atoms with Crippen LogP contribution in [0, 0.1) is 0 Å². The monoisotopic (exact) mass is 503 g/mol. The fourth-order valence-corrected chi connectivity index (χ4v) is 5.36. The fraction of sp³-hybridized carbons (Fsp3) is 0.556. The Bertz CT molecular complexity index is 943. The van der Waals surface area contributed by atoms with E-state index in [2.05, 4.69) is 6.92 Å². The highest BCUT2D eigenvalue weighted by Crippen LogP contribution is 2.31. The van der Waals surface area contributed by atoms with Gasteiger partial charge in [0.05, 0.1) is 12.7 Å². The maximum absolute atomic E-state index is 12.6. The van der Waals surface area contributed by atoms with Gasteiger partial charge in [-0.05, 0) is 61.9 Å². The number of hydrogen-bond donors (Lipinski definition) is 3. The van der Waals surface area contributed by atoms with Crippen LogP contribution in [0.25, 0.3) is 0 Å². The minimum atomic E-state index is -1.07. The number of aliphatic hydroxyl groups is 3. The van der Waals surface area contributed by atoms with E-state index in [0.717, 1.165) is 67.5 Å². The average molecular weight is 504 g/mol. The normalized spacial score (nSPS) is 17.5. The minimum Gasteiger partial charge on any atom is -0.459 e. The van der Waals surface area contributed by atoms with Gasteiger partial charge in [0.25, 0.3) is 0 Å². The Morgan fingerprint density at radius 3 is 2.63 bits per heavy atom. The number of carbonyl (C=O) groups is 2. The van der Waals surface area contributed by atoms with Crippen molar-refractivity contribution in [2.45, 2.75) is 83.0 Å². The van der Waals surface area contributed by atoms with Gasteiger partial charge >= 0.3 is 5.97 Å². The maximum Gasteiger partial charge on any atom is 0.348 e. The highest BCUT2D eigenvalue weighted by atomic mass is 32.1. The minimum absolute atomic E-state index is 0.137. The Balaban J connectivity index is 1.50. The summed E-state index contributed by atoms with van der Waals surface area (Å²) in [5.74, 6) is -0.363. The van der Waals surface area contributed by atoms with Gasteiger partial charge in [-0.25, -0.2) is 4.79 Å². The first-order valence-electron chi connectivity index (χ1n) is 12.6. The fourth-order valence-electron chi connectivity index (χ4n) is 4.41. The summed E-state index contributed by atoms with van der Waals surface area (Å²) in [4.78, 5) is 28.1. The second kappa shape index (κ2) is 13.7. The smallest absolute Gasteiger partial charge is 0.348 e. The summed E-state index contributed by atoms with van der Waals surface area (Å²) in [6.45, 7) is 1.47. The molecule has 0 saturated carbocycles. The lowest BCUT2D eigenvalue weighted by Crippen LogP contribution is -2.32. The van der Waals surface area contributed by atoms with Gasteiger partial charge in [-0.2, -0.15) is 0 Å². The van der Waals surface area contributed by atoms with Crippen molar-refractivity contribution in [2.24, 2.45) is 0 Å². The third-order valence-electron chi connectivity index (χ3n) is 6.40. The van der Waals surface area contributed by atoms with E-state index < -0.39 is 24.8 Å². The van der Waals surface area contributed by atoms with Crippen molar-refractivity contribution in [3.63, 3.8) is 0 Å². The van der Waals surface area contributed by atoms with Gasteiger partial charge in [0.2, 0.25) is 5.91 Å². The standard InChI is InChI=1S/C27H37NO6S/c1-2-3-4-8-24(31)19-9-11-21(12-10-19)28-20(13-16-26(28)32)6-5-7-23-14-15-25(35-23)27(33)34-18-22(30)17-29/h9-12,14-15,20,22,24,29-31H,2-8,13,16-18H2,1H3/t20-,22-,24-/m0/s1. The summed E-state index contributed by atoms with van der Waals surface area (Å²) >= 11 is 1.37. The number of ether oxygens (including phenoxy) is 1. The zero-order valence-corrected chi connectivity index (χ0v) is 21.2. The van der Waals surface area contributed by atoms with Crippen LogP contribution < -0.4 is 4.90 Å². The number of nitrogens with zero attached hydrogens (tertiary/aromatic N) is 1. The molecule has 35 heavy (non-hydrogen) atoms. The predicted octanol–water partition coefficient (Wildman–Crippen LogP) is 4.39. The molecular weight excluding hydrogens is 466 g/mol. The largest absolute Gasteiger partial charge is 0.459 e. The molecule has 1 aromatic carbocycles. The summed E-state index contributed by atoms with van der Waals surface area (Å²) in [7, 11) is 0. The number of esters is 1. The molecule has 7 nitrogen and oxygen atoms in total. The first-order valence-corrected chi connectivity index (χ1v) is 13.4. The highest BCUT2D eigenvalue weighted by Gasteiger charge is 2.31. The zero-order chi connectivity index (χ0) is 25.2. The van der Waals surface area contributed by atoms with Gasteiger partial charge in [0, 0.05) is 23.0 Å². The quantitative estimate of drug-likeness (QED) is 0.261. The molecule has 0 radical (unpaired) electrons. The molecule has 3 N–H and O–H groups in total. The van der Waals surface area contributed by atoms with Gasteiger partial charge in [-0.3, -0.25) is 4.79 Å². The number of carbonyl (C=O) groups excluding carboxylic acids is 2. The number of amides is 1. The van der Waals surface area contributed by atoms with Crippen molar-refractivity contribution in [2.75, 3.05) is 18.1 Å². The summed E-state index contributed by atoms with van der Waals surface area (Å²) in [5.41, 5.74) is 1.78. The third-order valence-corrected chi connectivity index (χ3v) is 7.53. The van der Waals surface area contributed by atoms with E-state index in [9.17, 15) is 19.8 Å². The number of aryl methyl sites for hydroxylation is 1. The Morgan fingerprint density at radius 1 is 1.14 bits per heavy atom. The molecule has 1 fully saturated rings. The van der Waals surface area contributed by atoms with E-state index in [1.165, 1.54) is 11.3 Å². The summed E-state index contributed by atoms with van der Waals surface area (Å²) < 4.78 is 5.00. The molecule has 3 rings (SSSR count). The molecule has 1 aliphatic heterocycles. The van der Waals surface area contributed by atoms with Gasteiger partial charge in [-0.1, -0.05) is 38.3 Å². The highest BCUT2D eigenvalue weighted by molar-refractivity contribution is 7.13. The van der Waals surface area contributed by atoms with Crippen LogP contribution in [0.4, 0.5) is 5.69 Å². The van der Waals surface area contributed by atoms with Gasteiger partial charge in [-0.15, -0.1) is 11.3 Å². The molecule has 0 spiro atoms. The van der Waals surface area contributed by atoms with Crippen LogP contribution in [0.1, 0.15) is 84.5 Å². The van der Waals surface area contributed by atoms with Gasteiger partial charge in [0.1, 0.15) is 17.6 Å². The van der Waals surface area contributed by atoms with Crippen molar-refractivity contribution in [1.29, 1.82) is 0 Å². The second-order valence-corrected chi connectivity index (χ2v) is 10.3. The van der Waals surface area contributed by atoms with Crippen LogP contribution >= 0.6 is 11.3 Å². The van der Waals surface area contributed by atoms with Crippen LogP contribution in [0.5, 0.6) is 0 Å². The number of unbranched alkanes of at least 4 members (excludes halogenated alkanes) is 2. The van der Waals surface area contributed by atoms with Gasteiger partial charge in [0.15, 0.2) is 0 Å². The topological polar surface area (TPSA) is 107 Å². The predicted molar refractivity (Wildman–Crippen MR) is 137 cm³/mol. The molecular formula is C27H37NO6S. The van der Waals surface area contributed by atoms with Crippen LogP contribution in [0.2, 0.25) is 0 Å². The van der Waals surface area contributed by atoms with Crippen LogP contribution in [0.3, 0.4) is 0 Å². The molecule has 2 heterocycles. The molecule has 1 saturated heterocycles. The molecule has 1 aliphatic rings. The Hall–Kier alpha value is -2.26. The number of thiophene rings is 1. The second-order valence-electron chi connectivity index (χ2n) is 9.15. The lowest BCUT2D eigenvalue weighted by molar-refractivity contribution is -0.117. The maximum atomic E-state index is 12.6. The van der Waals surface area contributed by atoms with E-state index in [0.29, 0.717) is 11.3 Å². The number of hydrogen-bond acceptors (Lipinski definition) is 7. The van der Waals surface area contributed by atoms with Crippen molar-refractivity contribution in [1.82, 2.24) is 0 Å². The van der Waals surface area contributed by atoms with E-state index in [1.807, 2.05) is 35.2 Å². The number of aliphatic hydroxyl groups excluding tert-OH is 3. The van der Waals surface area contributed by atoms with Crippen molar-refractivity contribution < 1.29 is 29.6 Å². The molecule has 192 valence electrons. The average Bonchev–Trinajstić information content (AvgIpc) is 3.49. The van der Waals surface area contributed by atoms with Crippen LogP contribution in [0.15, 0.2) is 36.4 Å². The molecule has 2 aromatic rings. The lowest BCUT2D eigenvalue weighted by Gasteiger charge is -2.25. The first-order chi connectivity index (χ1) is 16.9. The van der Waals surface area contributed by atoms with E-state index >= 15 is 0 Å². The molecule has 0 unspecified atom stereocenters. The lowest BCUT2D eigenvalue weighted by atomic mass is 10.0. The molecule has 1 amide bonds. The van der Waals surface area contributed by atoms with Crippen molar-refractivity contribution >= 4 is 28.9 Å². The number of anilines is 1. The molecule has 8 heteroatoms. The Morgan fingerprint density at radius 2 is 1.91 bits per heavy atom. The summed E-state index contributed by atoms with van der Waals surface area (Å²) in [5, 5.41) is 28.5. The first kappa shape index (κ1) is 27.3. The van der Waals surface area contributed by atoms with E-state index in [4.69, 9.17) is 9.84 Å². The van der Waals surface area contributed by atoms with Crippen molar-refractivity contribution in [3.05, 3.63) is 51.7 Å². The van der Waals surface area contributed by atoms with Crippen LogP contribution in [-0.4, -0.2) is 52.6 Å². The molecule has 3 atom stereocenters. The molecule has 0 bridgehead atoms.